The predicted octanol–water partition coefficient (Wildman–Crippen LogP) is 3.63. The average molecular weight is 184 g/mol. The Morgan fingerprint density at radius 1 is 1.15 bits per heavy atom. The highest BCUT2D eigenvalue weighted by molar-refractivity contribution is 4.80. The summed E-state index contributed by atoms with van der Waals surface area (Å²) in [5, 5.41) is 0. The number of ether oxygens (including phenoxy) is 1. The molecular formula is C12H24O. The van der Waals surface area contributed by atoms with Gasteiger partial charge in [0.05, 0.1) is 12.7 Å². The summed E-state index contributed by atoms with van der Waals surface area (Å²) in [6, 6.07) is 0. The van der Waals surface area contributed by atoms with E-state index in [9.17, 15) is 0 Å². The smallest absolute Gasteiger partial charge is 0.0570 e. The van der Waals surface area contributed by atoms with Gasteiger partial charge in [0.25, 0.3) is 0 Å². The zero-order valence-electron chi connectivity index (χ0n) is 9.60. The van der Waals surface area contributed by atoms with Gasteiger partial charge in [0.2, 0.25) is 0 Å². The molecule has 0 aromatic rings. The van der Waals surface area contributed by atoms with Gasteiger partial charge >= 0.3 is 0 Å². The molecule has 0 radical (unpaired) electrons. The zero-order valence-corrected chi connectivity index (χ0v) is 9.60. The second-order valence-corrected chi connectivity index (χ2v) is 5.28. The summed E-state index contributed by atoms with van der Waals surface area (Å²) in [6.07, 6.45) is 5.93. The molecule has 0 aliphatic heterocycles. The van der Waals surface area contributed by atoms with E-state index in [0.29, 0.717) is 17.4 Å². The topological polar surface area (TPSA) is 9.23 Å². The fourth-order valence-electron chi connectivity index (χ4n) is 1.90. The van der Waals surface area contributed by atoms with E-state index in [1.165, 1.54) is 25.7 Å². The molecule has 1 aliphatic carbocycles. The zero-order chi connectivity index (χ0) is 9.90. The molecule has 0 amide bonds. The van der Waals surface area contributed by atoms with E-state index in [4.69, 9.17) is 4.74 Å². The van der Waals surface area contributed by atoms with Crippen molar-refractivity contribution in [3.8, 4) is 0 Å². The Hall–Kier alpha value is -0.0400. The Morgan fingerprint density at radius 2 is 1.69 bits per heavy atom. The maximum atomic E-state index is 5.89. The van der Waals surface area contributed by atoms with Gasteiger partial charge < -0.3 is 4.74 Å². The molecule has 1 saturated carbocycles. The molecule has 13 heavy (non-hydrogen) atoms. The number of rotatable bonds is 4. The quantitative estimate of drug-likeness (QED) is 0.648. The summed E-state index contributed by atoms with van der Waals surface area (Å²) in [7, 11) is 0. The Bertz CT molecular complexity index is 145. The van der Waals surface area contributed by atoms with E-state index < -0.39 is 0 Å². The van der Waals surface area contributed by atoms with Crippen molar-refractivity contribution in [2.24, 2.45) is 11.3 Å². The minimum atomic E-state index is 0.414. The molecule has 0 spiro atoms. The first-order chi connectivity index (χ1) is 6.03. The molecule has 1 rings (SSSR count). The van der Waals surface area contributed by atoms with E-state index in [1.54, 1.807) is 0 Å². The van der Waals surface area contributed by atoms with Gasteiger partial charge in [0, 0.05) is 0 Å². The summed E-state index contributed by atoms with van der Waals surface area (Å²) >= 11 is 0. The van der Waals surface area contributed by atoms with E-state index in [2.05, 4.69) is 27.7 Å². The molecule has 1 fully saturated rings. The minimum Gasteiger partial charge on any atom is -0.378 e. The lowest BCUT2D eigenvalue weighted by Crippen LogP contribution is -2.25. The molecule has 0 heterocycles. The van der Waals surface area contributed by atoms with Gasteiger partial charge in [0.15, 0.2) is 0 Å². The van der Waals surface area contributed by atoms with Crippen LogP contribution in [0.2, 0.25) is 0 Å². The highest BCUT2D eigenvalue weighted by Crippen LogP contribution is 2.37. The maximum Gasteiger partial charge on any atom is 0.0570 e. The molecule has 0 unspecified atom stereocenters. The van der Waals surface area contributed by atoms with Crippen LogP contribution in [0.4, 0.5) is 0 Å². The third kappa shape index (κ3) is 3.30. The summed E-state index contributed by atoms with van der Waals surface area (Å²) in [6.45, 7) is 9.96. The van der Waals surface area contributed by atoms with Crippen molar-refractivity contribution in [1.29, 1.82) is 0 Å². The second-order valence-electron chi connectivity index (χ2n) is 5.28. The van der Waals surface area contributed by atoms with Crippen molar-refractivity contribution in [2.75, 3.05) is 6.61 Å². The van der Waals surface area contributed by atoms with Crippen LogP contribution in [0.5, 0.6) is 0 Å². The molecule has 0 aromatic carbocycles. The van der Waals surface area contributed by atoms with Crippen molar-refractivity contribution in [3.63, 3.8) is 0 Å². The van der Waals surface area contributed by atoms with Crippen LogP contribution in [-0.2, 0) is 4.74 Å². The fraction of sp³-hybridized carbons (Fsp3) is 1.00. The molecular weight excluding hydrogens is 160 g/mol. The normalized spacial score (nSPS) is 23.8. The van der Waals surface area contributed by atoms with Crippen LogP contribution in [0, 0.1) is 11.3 Å². The monoisotopic (exact) mass is 184 g/mol. The van der Waals surface area contributed by atoms with E-state index in [-0.39, 0.29) is 0 Å². The lowest BCUT2D eigenvalue weighted by molar-refractivity contribution is -0.0136. The summed E-state index contributed by atoms with van der Waals surface area (Å²) < 4.78 is 5.89. The largest absolute Gasteiger partial charge is 0.378 e. The van der Waals surface area contributed by atoms with Gasteiger partial charge in [-0.05, 0) is 31.1 Å². The molecule has 1 aliphatic rings. The van der Waals surface area contributed by atoms with Gasteiger partial charge in [-0.25, -0.2) is 0 Å². The van der Waals surface area contributed by atoms with Gasteiger partial charge in [-0.1, -0.05) is 33.6 Å². The first-order valence-electron chi connectivity index (χ1n) is 5.65. The maximum absolute atomic E-state index is 5.89. The minimum absolute atomic E-state index is 0.414. The third-order valence-corrected chi connectivity index (χ3v) is 3.44. The average Bonchev–Trinajstić information content (AvgIpc) is 2.48. The molecule has 1 atom stereocenters. The Balaban J connectivity index is 2.24. The first-order valence-corrected chi connectivity index (χ1v) is 5.65. The van der Waals surface area contributed by atoms with Crippen LogP contribution < -0.4 is 0 Å². The van der Waals surface area contributed by atoms with E-state index in [1.807, 2.05) is 0 Å². The number of hydrogen-bond donors (Lipinski definition) is 0. The fourth-order valence-corrected chi connectivity index (χ4v) is 1.90. The van der Waals surface area contributed by atoms with Crippen molar-refractivity contribution in [2.45, 2.75) is 59.5 Å². The van der Waals surface area contributed by atoms with Crippen LogP contribution in [0.3, 0.4) is 0 Å². The highest BCUT2D eigenvalue weighted by Gasteiger charge is 2.29. The van der Waals surface area contributed by atoms with Crippen LogP contribution in [-0.4, -0.2) is 12.7 Å². The Kier molecular flexibility index (Phi) is 3.78. The van der Waals surface area contributed by atoms with Gasteiger partial charge in [-0.2, -0.15) is 0 Å². The molecule has 0 bridgehead atoms. The number of hydrogen-bond acceptors (Lipinski definition) is 1. The SMILES string of the molecule is CC(C)[C@@H](C)OCC1(C)CCCC1. The van der Waals surface area contributed by atoms with E-state index in [0.717, 1.165) is 6.61 Å². The van der Waals surface area contributed by atoms with Crippen molar-refractivity contribution in [1.82, 2.24) is 0 Å². The van der Waals surface area contributed by atoms with Crippen molar-refractivity contribution in [3.05, 3.63) is 0 Å². The molecule has 0 saturated heterocycles. The Morgan fingerprint density at radius 3 is 2.15 bits per heavy atom. The first kappa shape index (κ1) is 11.0. The highest BCUT2D eigenvalue weighted by atomic mass is 16.5. The predicted molar refractivity (Wildman–Crippen MR) is 56.8 cm³/mol. The van der Waals surface area contributed by atoms with Crippen molar-refractivity contribution < 1.29 is 4.74 Å². The lowest BCUT2D eigenvalue weighted by Gasteiger charge is -2.27. The van der Waals surface area contributed by atoms with E-state index >= 15 is 0 Å². The second kappa shape index (κ2) is 4.45. The van der Waals surface area contributed by atoms with Crippen molar-refractivity contribution >= 4 is 0 Å². The summed E-state index contributed by atoms with van der Waals surface area (Å²) in [5.41, 5.74) is 0.489. The standard InChI is InChI=1S/C12H24O/c1-10(2)11(3)13-9-12(4)7-5-6-8-12/h10-11H,5-9H2,1-4H3/t11-/m1/s1. The Labute approximate surface area is 82.9 Å². The van der Waals surface area contributed by atoms with Crippen LogP contribution in [0.25, 0.3) is 0 Å². The molecule has 1 nitrogen and oxygen atoms in total. The molecule has 78 valence electrons. The molecule has 1 heteroatoms. The lowest BCUT2D eigenvalue weighted by atomic mass is 9.90. The molecule has 0 aromatic heterocycles. The van der Waals surface area contributed by atoms with Crippen LogP contribution >= 0.6 is 0 Å². The third-order valence-electron chi connectivity index (χ3n) is 3.44. The summed E-state index contributed by atoms with van der Waals surface area (Å²) in [4.78, 5) is 0. The van der Waals surface area contributed by atoms with Crippen LogP contribution in [0.15, 0.2) is 0 Å². The van der Waals surface area contributed by atoms with Crippen LogP contribution in [0.1, 0.15) is 53.4 Å². The summed E-state index contributed by atoms with van der Waals surface area (Å²) in [5.74, 6) is 0.644. The van der Waals surface area contributed by atoms with Gasteiger partial charge in [-0.15, -0.1) is 0 Å². The molecule has 0 N–H and O–H groups in total. The van der Waals surface area contributed by atoms with Gasteiger partial charge in [0.1, 0.15) is 0 Å². The van der Waals surface area contributed by atoms with Gasteiger partial charge in [-0.3, -0.25) is 0 Å².